The smallest absolute Gasteiger partial charge is 0.140 e. The molecule has 0 fully saturated rings. The van der Waals surface area contributed by atoms with E-state index in [1.165, 1.54) is 0 Å². The number of likely N-dealkylation sites (N-methyl/N-ethyl adjacent to an activating group) is 1. The van der Waals surface area contributed by atoms with Crippen LogP contribution in [0.1, 0.15) is 28.6 Å². The largest absolute Gasteiger partial charge is 0.461 e. The lowest BCUT2D eigenvalue weighted by Crippen LogP contribution is -2.34. The van der Waals surface area contributed by atoms with Crippen LogP contribution in [-0.4, -0.2) is 37.9 Å². The third-order valence-corrected chi connectivity index (χ3v) is 3.69. The average molecular weight is 257 g/mol. The van der Waals surface area contributed by atoms with Crippen molar-refractivity contribution in [3.05, 3.63) is 34.6 Å². The molecule has 19 heavy (non-hydrogen) atoms. The van der Waals surface area contributed by atoms with Gasteiger partial charge in [0.2, 0.25) is 0 Å². The highest BCUT2D eigenvalue weighted by Gasteiger charge is 2.23. The van der Waals surface area contributed by atoms with Gasteiger partial charge in [0.25, 0.3) is 0 Å². The predicted molar refractivity (Wildman–Crippen MR) is 78.6 cm³/mol. The van der Waals surface area contributed by atoms with Crippen LogP contribution < -0.4 is 0 Å². The number of nitrogens with zero attached hydrogens (tertiary/aromatic N) is 1. The molecule has 0 aliphatic carbocycles. The Hall–Kier alpha value is -1.26. The highest BCUT2D eigenvalue weighted by atomic mass is 16.3. The number of benzene rings is 1. The number of rotatable bonds is 3. The Bertz CT molecular complexity index is 604. The maximum absolute atomic E-state index is 10.5. The van der Waals surface area contributed by atoms with Crippen LogP contribution in [0.4, 0.5) is 0 Å². The lowest BCUT2D eigenvalue weighted by molar-refractivity contribution is 0.117. The molecule has 2 rings (SSSR count). The minimum absolute atomic E-state index is 0.462. The summed E-state index contributed by atoms with van der Waals surface area (Å²) in [6.45, 7) is 5.98. The molecule has 2 radical (unpaired) electrons. The van der Waals surface area contributed by atoms with Gasteiger partial charge in [-0.2, -0.15) is 0 Å². The van der Waals surface area contributed by atoms with E-state index in [1.807, 2.05) is 40.9 Å². The van der Waals surface area contributed by atoms with Crippen molar-refractivity contribution in [3.63, 3.8) is 0 Å². The van der Waals surface area contributed by atoms with Crippen molar-refractivity contribution < 1.29 is 9.52 Å². The molecule has 0 spiro atoms. The first-order valence-corrected chi connectivity index (χ1v) is 6.43. The molecule has 0 bridgehead atoms. The van der Waals surface area contributed by atoms with E-state index >= 15 is 0 Å². The van der Waals surface area contributed by atoms with Crippen LogP contribution in [0.25, 0.3) is 11.0 Å². The monoisotopic (exact) mass is 257 g/mol. The summed E-state index contributed by atoms with van der Waals surface area (Å²) in [6, 6.07) is 4.03. The molecule has 2 unspecified atom stereocenters. The molecule has 3 nitrogen and oxygen atoms in total. The average Bonchev–Trinajstić information content (AvgIpc) is 2.63. The molecule has 0 aliphatic heterocycles. The normalized spacial score (nSPS) is 15.1. The fourth-order valence-corrected chi connectivity index (χ4v) is 2.30. The fourth-order valence-electron chi connectivity index (χ4n) is 2.30. The molecular weight excluding hydrogens is 237 g/mol. The summed E-state index contributed by atoms with van der Waals surface area (Å²) in [5, 5.41) is 11.5. The van der Waals surface area contributed by atoms with Crippen molar-refractivity contribution in [1.82, 2.24) is 4.90 Å². The van der Waals surface area contributed by atoms with E-state index in [0.717, 1.165) is 33.4 Å². The van der Waals surface area contributed by atoms with Gasteiger partial charge < -0.3 is 14.4 Å². The number of aliphatic hydroxyl groups is 1. The van der Waals surface area contributed by atoms with Crippen LogP contribution in [-0.2, 0) is 0 Å². The van der Waals surface area contributed by atoms with E-state index in [0.29, 0.717) is 0 Å². The summed E-state index contributed by atoms with van der Waals surface area (Å²) < 4.78 is 5.80. The maximum atomic E-state index is 10.5. The van der Waals surface area contributed by atoms with Gasteiger partial charge in [0.15, 0.2) is 0 Å². The first-order chi connectivity index (χ1) is 8.82. The molecular formula is C15H20BNO2. The van der Waals surface area contributed by atoms with Crippen molar-refractivity contribution in [1.29, 1.82) is 0 Å². The summed E-state index contributed by atoms with van der Waals surface area (Å²) >= 11 is 0. The van der Waals surface area contributed by atoms with Crippen molar-refractivity contribution >= 4 is 18.8 Å². The van der Waals surface area contributed by atoms with Gasteiger partial charge in [-0.15, -0.1) is 0 Å². The standard InChI is InChI=1S/C15H20BNO2/c1-8-6-11-9(2)10(3)19-14(11)12(7-8)13(18)15(16)17(4)5/h6-7,13,15,18H,1-5H3. The Kier molecular flexibility index (Phi) is 3.74. The molecule has 0 amide bonds. The molecule has 0 saturated carbocycles. The van der Waals surface area contributed by atoms with Crippen molar-refractivity contribution in [2.75, 3.05) is 14.1 Å². The molecule has 100 valence electrons. The summed E-state index contributed by atoms with van der Waals surface area (Å²) in [5.74, 6) is 0.420. The van der Waals surface area contributed by atoms with E-state index in [-0.39, 0.29) is 0 Å². The Balaban J connectivity index is 2.63. The number of hydrogen-bond acceptors (Lipinski definition) is 3. The van der Waals surface area contributed by atoms with Gasteiger partial charge >= 0.3 is 0 Å². The van der Waals surface area contributed by atoms with Gasteiger partial charge in [-0.05, 0) is 58.1 Å². The van der Waals surface area contributed by atoms with Gasteiger partial charge in [0, 0.05) is 16.9 Å². The number of hydrogen-bond donors (Lipinski definition) is 1. The van der Waals surface area contributed by atoms with Crippen LogP contribution in [0.2, 0.25) is 0 Å². The number of fused-ring (bicyclic) bond motifs is 1. The highest BCUT2D eigenvalue weighted by Crippen LogP contribution is 2.33. The summed E-state index contributed by atoms with van der Waals surface area (Å²) in [4.78, 5) is 1.79. The second-order valence-electron chi connectivity index (χ2n) is 5.41. The second-order valence-corrected chi connectivity index (χ2v) is 5.41. The second kappa shape index (κ2) is 5.02. The van der Waals surface area contributed by atoms with Gasteiger partial charge in [-0.25, -0.2) is 0 Å². The number of aryl methyl sites for hydroxylation is 3. The zero-order chi connectivity index (χ0) is 14.3. The van der Waals surface area contributed by atoms with E-state index < -0.39 is 12.0 Å². The summed E-state index contributed by atoms with van der Waals surface area (Å²) in [5.41, 5.74) is 3.71. The van der Waals surface area contributed by atoms with Gasteiger partial charge in [-0.1, -0.05) is 0 Å². The third-order valence-electron chi connectivity index (χ3n) is 3.69. The molecule has 0 aliphatic rings. The van der Waals surface area contributed by atoms with Crippen molar-refractivity contribution in [3.8, 4) is 0 Å². The molecule has 1 heterocycles. The minimum Gasteiger partial charge on any atom is -0.461 e. The van der Waals surface area contributed by atoms with E-state index in [2.05, 4.69) is 6.07 Å². The van der Waals surface area contributed by atoms with E-state index in [4.69, 9.17) is 12.3 Å². The van der Waals surface area contributed by atoms with Crippen LogP contribution in [0.3, 0.4) is 0 Å². The Morgan fingerprint density at radius 2 is 1.84 bits per heavy atom. The van der Waals surface area contributed by atoms with Gasteiger partial charge in [0.1, 0.15) is 11.3 Å². The van der Waals surface area contributed by atoms with Crippen LogP contribution in [0.15, 0.2) is 16.5 Å². The maximum Gasteiger partial charge on any atom is 0.140 e. The zero-order valence-corrected chi connectivity index (χ0v) is 12.2. The third kappa shape index (κ3) is 2.43. The number of aliphatic hydroxyl groups excluding tert-OH is 1. The molecule has 2 atom stereocenters. The summed E-state index contributed by atoms with van der Waals surface area (Å²) in [6.07, 6.45) is -0.776. The Morgan fingerprint density at radius 3 is 2.42 bits per heavy atom. The first kappa shape index (κ1) is 14.2. The van der Waals surface area contributed by atoms with Crippen molar-refractivity contribution in [2.24, 2.45) is 0 Å². The zero-order valence-electron chi connectivity index (χ0n) is 12.2. The van der Waals surface area contributed by atoms with E-state index in [1.54, 1.807) is 4.90 Å². The minimum atomic E-state index is -0.776. The van der Waals surface area contributed by atoms with Crippen LogP contribution >= 0.6 is 0 Å². The highest BCUT2D eigenvalue weighted by molar-refractivity contribution is 6.12. The van der Waals surface area contributed by atoms with Crippen LogP contribution in [0.5, 0.6) is 0 Å². The molecule has 1 N–H and O–H groups in total. The van der Waals surface area contributed by atoms with Crippen molar-refractivity contribution in [2.45, 2.75) is 32.8 Å². The van der Waals surface area contributed by atoms with E-state index in [9.17, 15) is 5.11 Å². The Morgan fingerprint density at radius 1 is 1.21 bits per heavy atom. The van der Waals surface area contributed by atoms with Gasteiger partial charge in [-0.3, -0.25) is 0 Å². The molecule has 4 heteroatoms. The summed E-state index contributed by atoms with van der Waals surface area (Å²) in [7, 11) is 9.71. The molecule has 1 aromatic heterocycles. The quantitative estimate of drug-likeness (QED) is 0.858. The SMILES string of the molecule is [B]C(C(O)c1cc(C)cc2c(C)c(C)oc12)N(C)C. The lowest BCUT2D eigenvalue weighted by atomic mass is 9.85. The fraction of sp³-hybridized carbons (Fsp3) is 0.467. The Labute approximate surface area is 115 Å². The molecule has 0 saturated heterocycles. The predicted octanol–water partition coefficient (Wildman–Crippen LogP) is 2.45. The topological polar surface area (TPSA) is 36.6 Å². The van der Waals surface area contributed by atoms with Gasteiger partial charge in [0.05, 0.1) is 14.0 Å². The van der Waals surface area contributed by atoms with Crippen LogP contribution in [0, 0.1) is 20.8 Å². The molecule has 1 aromatic carbocycles. The number of furan rings is 1. The first-order valence-electron chi connectivity index (χ1n) is 6.43. The molecule has 2 aromatic rings. The lowest BCUT2D eigenvalue weighted by Gasteiger charge is -2.26.